The highest BCUT2D eigenvalue weighted by atomic mass is 14.8. The first kappa shape index (κ1) is 26.9. The molecule has 0 amide bonds. The van der Waals surface area contributed by atoms with E-state index in [1.165, 1.54) is 0 Å². The summed E-state index contributed by atoms with van der Waals surface area (Å²) in [4.78, 5) is 20.5. The third-order valence-electron chi connectivity index (χ3n) is 8.77. The molecule has 9 rings (SSSR count). The van der Waals surface area contributed by atoms with Crippen LogP contribution in [0.4, 0.5) is 5.69 Å². The zero-order valence-electron chi connectivity index (χ0n) is 25.3. The molecule has 9 aromatic rings. The summed E-state index contributed by atoms with van der Waals surface area (Å²) in [5, 5.41) is 4.22. The van der Waals surface area contributed by atoms with Crippen molar-refractivity contribution < 1.29 is 0 Å². The van der Waals surface area contributed by atoms with E-state index in [-0.39, 0.29) is 0 Å². The predicted octanol–water partition coefficient (Wildman–Crippen LogP) is 10.1. The molecule has 0 atom stereocenters. The van der Waals surface area contributed by atoms with Gasteiger partial charge in [-0.3, -0.25) is 0 Å². The summed E-state index contributed by atoms with van der Waals surface area (Å²) in [5.74, 6) is 0. The lowest BCUT2D eigenvalue weighted by Crippen LogP contribution is -1.92. The molecule has 4 aromatic heterocycles. The van der Waals surface area contributed by atoms with Crippen LogP contribution in [0, 0.1) is 0 Å². The average Bonchev–Trinajstić information content (AvgIpc) is 3.14. The number of nitrogens with two attached hydrogens (primary N) is 1. The van der Waals surface area contributed by atoms with E-state index in [2.05, 4.69) is 103 Å². The van der Waals surface area contributed by atoms with E-state index in [4.69, 9.17) is 25.7 Å². The molecule has 47 heavy (non-hydrogen) atoms. The molecule has 0 fully saturated rings. The Hall–Kier alpha value is -6.46. The lowest BCUT2D eigenvalue weighted by atomic mass is 10.0. The van der Waals surface area contributed by atoms with Crippen molar-refractivity contribution in [3.05, 3.63) is 152 Å². The third-order valence-corrected chi connectivity index (χ3v) is 8.77. The zero-order valence-corrected chi connectivity index (χ0v) is 25.3. The molecule has 0 aliphatic rings. The van der Waals surface area contributed by atoms with Crippen molar-refractivity contribution in [3.63, 3.8) is 0 Å². The van der Waals surface area contributed by atoms with Crippen LogP contribution in [0.2, 0.25) is 0 Å². The van der Waals surface area contributed by atoms with Crippen molar-refractivity contribution in [2.75, 3.05) is 5.73 Å². The van der Waals surface area contributed by atoms with Gasteiger partial charge in [-0.05, 0) is 42.5 Å². The average molecular weight is 602 g/mol. The van der Waals surface area contributed by atoms with Gasteiger partial charge in [0, 0.05) is 49.5 Å². The first-order valence-electron chi connectivity index (χ1n) is 15.6. The Morgan fingerprint density at radius 2 is 0.638 bits per heavy atom. The summed E-state index contributed by atoms with van der Waals surface area (Å²) < 4.78 is 0. The number of hydrogen-bond acceptors (Lipinski definition) is 5. The Morgan fingerprint density at radius 1 is 0.298 bits per heavy atom. The van der Waals surface area contributed by atoms with Crippen molar-refractivity contribution in [3.8, 4) is 45.0 Å². The SMILES string of the molecule is Nc1ccc(-c2ccc3ccc4ccc(-c5cccc(-c6ccc7ccc8ccc(-c9ccccc9)nc8c7n6)c5)nc4c3n2)cc1. The van der Waals surface area contributed by atoms with E-state index < -0.39 is 0 Å². The third kappa shape index (κ3) is 4.82. The highest BCUT2D eigenvalue weighted by molar-refractivity contribution is 6.05. The standard InChI is InChI=1S/C42H27N5/c43-34-19-13-27(14-20-34)36-22-16-29-10-12-31-18-24-38(47-42(31)40(29)45-36)33-8-4-7-32(25-33)37-23-17-30-11-9-28-15-21-35(26-5-2-1-3-6-26)44-39(28)41(30)46-37/h1-25H,43H2. The number of aromatic nitrogens is 4. The fourth-order valence-corrected chi connectivity index (χ4v) is 6.28. The van der Waals surface area contributed by atoms with Gasteiger partial charge < -0.3 is 5.73 Å². The molecule has 0 saturated carbocycles. The van der Waals surface area contributed by atoms with Crippen LogP contribution in [0.3, 0.4) is 0 Å². The molecule has 5 heteroatoms. The van der Waals surface area contributed by atoms with Crippen LogP contribution in [-0.2, 0) is 0 Å². The van der Waals surface area contributed by atoms with Gasteiger partial charge in [0.25, 0.3) is 0 Å². The summed E-state index contributed by atoms with van der Waals surface area (Å²) >= 11 is 0. The van der Waals surface area contributed by atoms with Gasteiger partial charge in [0.05, 0.1) is 44.8 Å². The second-order valence-corrected chi connectivity index (χ2v) is 11.8. The quantitative estimate of drug-likeness (QED) is 0.160. The van der Waals surface area contributed by atoms with Crippen LogP contribution in [-0.4, -0.2) is 19.9 Å². The summed E-state index contributed by atoms with van der Waals surface area (Å²) in [6, 6.07) is 51.7. The molecule has 0 aliphatic carbocycles. The summed E-state index contributed by atoms with van der Waals surface area (Å²) in [5.41, 5.74) is 17.9. The number of anilines is 1. The van der Waals surface area contributed by atoms with E-state index in [1.807, 2.05) is 48.5 Å². The molecule has 0 bridgehead atoms. The van der Waals surface area contributed by atoms with E-state index in [9.17, 15) is 0 Å². The molecule has 0 spiro atoms. The zero-order chi connectivity index (χ0) is 31.3. The molecule has 5 aromatic carbocycles. The Bertz CT molecular complexity index is 2630. The minimum atomic E-state index is 0.731. The monoisotopic (exact) mass is 601 g/mol. The second kappa shape index (κ2) is 10.9. The number of rotatable bonds is 4. The Balaban J connectivity index is 1.14. The maximum absolute atomic E-state index is 5.92. The van der Waals surface area contributed by atoms with Gasteiger partial charge in [-0.25, -0.2) is 19.9 Å². The van der Waals surface area contributed by atoms with Gasteiger partial charge in [-0.2, -0.15) is 0 Å². The van der Waals surface area contributed by atoms with E-state index in [0.29, 0.717) is 0 Å². The molecule has 2 N–H and O–H groups in total. The van der Waals surface area contributed by atoms with Crippen LogP contribution in [0.15, 0.2) is 152 Å². The molecule has 0 aliphatic heterocycles. The molecule has 0 radical (unpaired) electrons. The highest BCUT2D eigenvalue weighted by Crippen LogP contribution is 2.32. The van der Waals surface area contributed by atoms with Gasteiger partial charge in [0.1, 0.15) is 0 Å². The maximum atomic E-state index is 5.92. The van der Waals surface area contributed by atoms with Crippen molar-refractivity contribution in [1.82, 2.24) is 19.9 Å². The molecular weight excluding hydrogens is 574 g/mol. The Morgan fingerprint density at radius 3 is 1.06 bits per heavy atom. The van der Waals surface area contributed by atoms with E-state index in [1.54, 1.807) is 0 Å². The number of nitrogen functional groups attached to an aromatic ring is 1. The minimum absolute atomic E-state index is 0.731. The molecule has 0 unspecified atom stereocenters. The summed E-state index contributed by atoms with van der Waals surface area (Å²) in [7, 11) is 0. The minimum Gasteiger partial charge on any atom is -0.399 e. The van der Waals surface area contributed by atoms with Crippen molar-refractivity contribution in [2.45, 2.75) is 0 Å². The maximum Gasteiger partial charge on any atom is 0.0972 e. The number of nitrogens with zero attached hydrogens (tertiary/aromatic N) is 4. The van der Waals surface area contributed by atoms with Gasteiger partial charge in [0.2, 0.25) is 0 Å². The van der Waals surface area contributed by atoms with Crippen LogP contribution in [0.1, 0.15) is 0 Å². The van der Waals surface area contributed by atoms with Crippen molar-refractivity contribution >= 4 is 49.3 Å². The number of pyridine rings is 4. The van der Waals surface area contributed by atoms with Crippen LogP contribution < -0.4 is 5.73 Å². The summed E-state index contributed by atoms with van der Waals surface area (Å²) in [6.45, 7) is 0. The largest absolute Gasteiger partial charge is 0.399 e. The van der Waals surface area contributed by atoms with Gasteiger partial charge in [0.15, 0.2) is 0 Å². The fourth-order valence-electron chi connectivity index (χ4n) is 6.28. The molecule has 4 heterocycles. The first-order valence-corrected chi connectivity index (χ1v) is 15.6. The molecule has 0 saturated heterocycles. The summed E-state index contributed by atoms with van der Waals surface area (Å²) in [6.07, 6.45) is 0. The van der Waals surface area contributed by atoms with E-state index in [0.717, 1.165) is 94.3 Å². The Kier molecular flexibility index (Phi) is 6.22. The first-order chi connectivity index (χ1) is 23.2. The van der Waals surface area contributed by atoms with Gasteiger partial charge >= 0.3 is 0 Å². The van der Waals surface area contributed by atoms with Crippen LogP contribution in [0.5, 0.6) is 0 Å². The number of benzene rings is 5. The highest BCUT2D eigenvalue weighted by Gasteiger charge is 2.12. The lowest BCUT2D eigenvalue weighted by molar-refractivity contribution is 1.35. The topological polar surface area (TPSA) is 77.6 Å². The van der Waals surface area contributed by atoms with Crippen LogP contribution in [0.25, 0.3) is 88.6 Å². The van der Waals surface area contributed by atoms with Gasteiger partial charge in [-0.15, -0.1) is 0 Å². The number of fused-ring (bicyclic) bond motifs is 6. The second-order valence-electron chi connectivity index (χ2n) is 11.8. The fraction of sp³-hybridized carbons (Fsp3) is 0. The smallest absolute Gasteiger partial charge is 0.0972 e. The van der Waals surface area contributed by atoms with Crippen LogP contribution >= 0.6 is 0 Å². The Labute approximate surface area is 271 Å². The van der Waals surface area contributed by atoms with Crippen molar-refractivity contribution in [1.29, 1.82) is 0 Å². The number of hydrogen-bond donors (Lipinski definition) is 1. The lowest BCUT2D eigenvalue weighted by Gasteiger charge is -2.10. The predicted molar refractivity (Wildman–Crippen MR) is 194 cm³/mol. The molecule has 220 valence electrons. The van der Waals surface area contributed by atoms with Crippen molar-refractivity contribution in [2.24, 2.45) is 0 Å². The normalized spacial score (nSPS) is 11.5. The van der Waals surface area contributed by atoms with Gasteiger partial charge in [-0.1, -0.05) is 109 Å². The van der Waals surface area contributed by atoms with E-state index >= 15 is 0 Å². The molecule has 5 nitrogen and oxygen atoms in total. The molecular formula is C42H27N5.